The van der Waals surface area contributed by atoms with Gasteiger partial charge in [0.05, 0.1) is 13.7 Å². The first-order valence-corrected chi connectivity index (χ1v) is 7.29. The van der Waals surface area contributed by atoms with Gasteiger partial charge in [-0.2, -0.15) is 0 Å². The number of ether oxygens (including phenoxy) is 1. The number of amides is 1. The van der Waals surface area contributed by atoms with Gasteiger partial charge in [-0.1, -0.05) is 18.2 Å². The predicted molar refractivity (Wildman–Crippen MR) is 81.9 cm³/mol. The van der Waals surface area contributed by atoms with E-state index >= 15 is 0 Å². The highest BCUT2D eigenvalue weighted by Crippen LogP contribution is 2.21. The molecule has 120 valence electrons. The number of para-hydroxylation sites is 1. The van der Waals surface area contributed by atoms with E-state index in [4.69, 9.17) is 4.42 Å². The summed E-state index contributed by atoms with van der Waals surface area (Å²) in [4.78, 5) is 29.2. The Balaban J connectivity index is 1.57. The number of nitrogens with one attached hydrogen (secondary N) is 1. The Kier molecular flexibility index (Phi) is 4.38. The number of anilines is 1. The van der Waals surface area contributed by atoms with Crippen molar-refractivity contribution in [3.63, 3.8) is 0 Å². The average molecular weight is 315 g/mol. The highest BCUT2D eigenvalue weighted by Gasteiger charge is 2.30. The van der Waals surface area contributed by atoms with E-state index in [1.54, 1.807) is 4.90 Å². The summed E-state index contributed by atoms with van der Waals surface area (Å²) < 4.78 is 9.78. The van der Waals surface area contributed by atoms with Gasteiger partial charge in [-0.05, 0) is 12.1 Å². The number of nitrogens with zero attached hydrogens (tertiary/aromatic N) is 2. The van der Waals surface area contributed by atoms with Crippen LogP contribution >= 0.6 is 0 Å². The SMILES string of the molecule is COC(=O)c1coc(CN[C@H]2CC(=O)N(c3ccccc3)C2)n1. The number of hydrogen-bond donors (Lipinski definition) is 1. The van der Waals surface area contributed by atoms with Crippen molar-refractivity contribution in [3.05, 3.63) is 48.2 Å². The molecular formula is C16H17N3O4. The van der Waals surface area contributed by atoms with Crippen LogP contribution in [0.15, 0.2) is 41.0 Å². The van der Waals surface area contributed by atoms with E-state index in [0.717, 1.165) is 5.69 Å². The van der Waals surface area contributed by atoms with Crippen molar-refractivity contribution in [3.8, 4) is 0 Å². The largest absolute Gasteiger partial charge is 0.464 e. The van der Waals surface area contributed by atoms with Gasteiger partial charge in [-0.25, -0.2) is 9.78 Å². The highest BCUT2D eigenvalue weighted by atomic mass is 16.5. The van der Waals surface area contributed by atoms with Gasteiger partial charge in [0.25, 0.3) is 0 Å². The molecule has 1 aliphatic rings. The lowest BCUT2D eigenvalue weighted by Crippen LogP contribution is -2.32. The second kappa shape index (κ2) is 6.62. The van der Waals surface area contributed by atoms with Gasteiger partial charge in [0.15, 0.2) is 5.69 Å². The molecule has 1 saturated heterocycles. The van der Waals surface area contributed by atoms with Crippen molar-refractivity contribution in [2.75, 3.05) is 18.6 Å². The Morgan fingerprint density at radius 1 is 1.43 bits per heavy atom. The van der Waals surface area contributed by atoms with E-state index in [-0.39, 0.29) is 17.6 Å². The normalized spacial score (nSPS) is 17.5. The van der Waals surface area contributed by atoms with Crippen LogP contribution in [0.4, 0.5) is 5.69 Å². The molecule has 1 aromatic carbocycles. The number of hydrogen-bond acceptors (Lipinski definition) is 6. The number of carbonyl (C=O) groups is 2. The maximum absolute atomic E-state index is 12.1. The maximum atomic E-state index is 12.1. The van der Waals surface area contributed by atoms with Crippen molar-refractivity contribution >= 4 is 17.6 Å². The predicted octanol–water partition coefficient (Wildman–Crippen LogP) is 1.36. The lowest BCUT2D eigenvalue weighted by molar-refractivity contribution is -0.117. The van der Waals surface area contributed by atoms with Crippen LogP contribution in [0.1, 0.15) is 22.8 Å². The molecule has 2 heterocycles. The van der Waals surface area contributed by atoms with Gasteiger partial charge < -0.3 is 19.4 Å². The fraction of sp³-hybridized carbons (Fsp3) is 0.312. The molecule has 0 radical (unpaired) electrons. The lowest BCUT2D eigenvalue weighted by Gasteiger charge is -2.16. The van der Waals surface area contributed by atoms with Crippen molar-refractivity contribution in [1.82, 2.24) is 10.3 Å². The molecule has 1 fully saturated rings. The Bertz CT molecular complexity index is 698. The number of oxazole rings is 1. The molecule has 0 unspecified atom stereocenters. The quantitative estimate of drug-likeness (QED) is 0.839. The molecule has 0 saturated carbocycles. The molecule has 0 aliphatic carbocycles. The minimum absolute atomic E-state index is 0.0104. The molecule has 3 rings (SSSR count). The molecule has 1 N–H and O–H groups in total. The van der Waals surface area contributed by atoms with Crippen molar-refractivity contribution in [2.24, 2.45) is 0 Å². The summed E-state index contributed by atoms with van der Waals surface area (Å²) in [6.07, 6.45) is 1.68. The fourth-order valence-electron chi connectivity index (χ4n) is 2.52. The molecule has 1 amide bonds. The minimum atomic E-state index is -0.536. The zero-order valence-corrected chi connectivity index (χ0v) is 12.7. The van der Waals surface area contributed by atoms with E-state index in [1.807, 2.05) is 30.3 Å². The Hall–Kier alpha value is -2.67. The van der Waals surface area contributed by atoms with Crippen molar-refractivity contribution in [1.29, 1.82) is 0 Å². The number of esters is 1. The summed E-state index contributed by atoms with van der Waals surface area (Å²) in [7, 11) is 1.29. The molecule has 1 atom stereocenters. The average Bonchev–Trinajstić information content (AvgIpc) is 3.19. The molecule has 0 bridgehead atoms. The van der Waals surface area contributed by atoms with Crippen LogP contribution in [-0.2, 0) is 16.1 Å². The van der Waals surface area contributed by atoms with Gasteiger partial charge >= 0.3 is 5.97 Å². The number of rotatable bonds is 5. The summed E-state index contributed by atoms with van der Waals surface area (Å²) >= 11 is 0. The van der Waals surface area contributed by atoms with Crippen LogP contribution in [0.2, 0.25) is 0 Å². The number of carbonyl (C=O) groups excluding carboxylic acids is 2. The second-order valence-corrected chi connectivity index (χ2v) is 5.24. The summed E-state index contributed by atoms with van der Waals surface area (Å²) in [5.74, 6) is -0.0707. The molecule has 1 aliphatic heterocycles. The smallest absolute Gasteiger partial charge is 0.360 e. The summed E-state index contributed by atoms with van der Waals surface area (Å²) in [6, 6.07) is 9.57. The fourth-order valence-corrected chi connectivity index (χ4v) is 2.52. The van der Waals surface area contributed by atoms with Crippen molar-refractivity contribution < 1.29 is 18.7 Å². The van der Waals surface area contributed by atoms with E-state index < -0.39 is 5.97 Å². The molecule has 7 heteroatoms. The minimum Gasteiger partial charge on any atom is -0.464 e. The van der Waals surface area contributed by atoms with Crippen LogP contribution in [0, 0.1) is 0 Å². The van der Waals surface area contributed by atoms with Crippen molar-refractivity contribution in [2.45, 2.75) is 19.0 Å². The maximum Gasteiger partial charge on any atom is 0.360 e. The van der Waals surface area contributed by atoms with E-state index in [0.29, 0.717) is 25.4 Å². The second-order valence-electron chi connectivity index (χ2n) is 5.24. The summed E-state index contributed by atoms with van der Waals surface area (Å²) in [5, 5.41) is 3.23. The lowest BCUT2D eigenvalue weighted by atomic mass is 10.2. The van der Waals surface area contributed by atoms with Crippen LogP contribution in [0.25, 0.3) is 0 Å². The van der Waals surface area contributed by atoms with E-state index in [9.17, 15) is 9.59 Å². The molecular weight excluding hydrogens is 298 g/mol. The Morgan fingerprint density at radius 2 is 2.22 bits per heavy atom. The van der Waals surface area contributed by atoms with Gasteiger partial charge in [0.1, 0.15) is 6.26 Å². The standard InChI is InChI=1S/C16H17N3O4/c1-22-16(21)13-10-23-14(18-13)8-17-11-7-15(20)19(9-11)12-5-3-2-4-6-12/h2-6,10-11,17H,7-9H2,1H3/t11-/m0/s1. The van der Waals surface area contributed by atoms with Gasteiger partial charge in [0, 0.05) is 24.7 Å². The first kappa shape index (κ1) is 15.2. The van der Waals surface area contributed by atoms with Gasteiger partial charge in [-0.15, -0.1) is 0 Å². The first-order valence-electron chi connectivity index (χ1n) is 7.29. The molecule has 7 nitrogen and oxygen atoms in total. The highest BCUT2D eigenvalue weighted by molar-refractivity contribution is 5.96. The molecule has 23 heavy (non-hydrogen) atoms. The Morgan fingerprint density at radius 3 is 2.96 bits per heavy atom. The third kappa shape index (κ3) is 3.40. The molecule has 0 spiro atoms. The zero-order chi connectivity index (χ0) is 16.2. The number of benzene rings is 1. The summed E-state index contributed by atoms with van der Waals surface area (Å²) in [6.45, 7) is 0.936. The monoisotopic (exact) mass is 315 g/mol. The third-order valence-corrected chi connectivity index (χ3v) is 3.68. The zero-order valence-electron chi connectivity index (χ0n) is 12.7. The van der Waals surface area contributed by atoms with Crippen LogP contribution < -0.4 is 10.2 Å². The van der Waals surface area contributed by atoms with Gasteiger partial charge in [0.2, 0.25) is 11.8 Å². The Labute approximate surface area is 133 Å². The third-order valence-electron chi connectivity index (χ3n) is 3.68. The van der Waals surface area contributed by atoms with Crippen LogP contribution in [-0.4, -0.2) is 36.6 Å². The molecule has 1 aromatic heterocycles. The number of aromatic nitrogens is 1. The van der Waals surface area contributed by atoms with E-state index in [1.165, 1.54) is 13.4 Å². The number of methoxy groups -OCH3 is 1. The van der Waals surface area contributed by atoms with Gasteiger partial charge in [-0.3, -0.25) is 4.79 Å². The molecule has 2 aromatic rings. The van der Waals surface area contributed by atoms with Crippen LogP contribution in [0.3, 0.4) is 0 Å². The first-order chi connectivity index (χ1) is 11.2. The van der Waals surface area contributed by atoms with E-state index in [2.05, 4.69) is 15.0 Å². The summed E-state index contributed by atoms with van der Waals surface area (Å²) in [5.41, 5.74) is 1.03. The van der Waals surface area contributed by atoms with Crippen LogP contribution in [0.5, 0.6) is 0 Å². The topological polar surface area (TPSA) is 84.7 Å².